The summed E-state index contributed by atoms with van der Waals surface area (Å²) >= 11 is 0. The van der Waals surface area contributed by atoms with Gasteiger partial charge in [0, 0.05) is 26.3 Å². The molecular weight excluding hydrogens is 418 g/mol. The van der Waals surface area contributed by atoms with Gasteiger partial charge in [-0.1, -0.05) is 6.07 Å². The molecule has 4 amide bonds. The van der Waals surface area contributed by atoms with E-state index >= 15 is 0 Å². The molecule has 166 valence electrons. The number of hydrogen-bond donors (Lipinski definition) is 0. The van der Waals surface area contributed by atoms with Gasteiger partial charge in [-0.3, -0.25) is 24.2 Å². The topological polar surface area (TPSA) is 114 Å². The van der Waals surface area contributed by atoms with Crippen LogP contribution in [0.15, 0.2) is 23.8 Å². The molecule has 4 heterocycles. The Morgan fingerprint density at radius 1 is 1.06 bits per heavy atom. The van der Waals surface area contributed by atoms with Crippen molar-refractivity contribution in [3.8, 4) is 0 Å². The number of nitrogens with zero attached hydrogens (tertiary/aromatic N) is 3. The summed E-state index contributed by atoms with van der Waals surface area (Å²) in [5.41, 5.74) is 0.609. The van der Waals surface area contributed by atoms with E-state index in [0.29, 0.717) is 24.3 Å². The van der Waals surface area contributed by atoms with E-state index in [2.05, 4.69) is 0 Å². The molecule has 0 saturated carbocycles. The summed E-state index contributed by atoms with van der Waals surface area (Å²) in [6.07, 6.45) is 1.53. The first-order valence-electron chi connectivity index (χ1n) is 10.3. The van der Waals surface area contributed by atoms with E-state index in [4.69, 9.17) is 9.47 Å². The zero-order chi connectivity index (χ0) is 22.8. The van der Waals surface area contributed by atoms with Crippen molar-refractivity contribution in [2.75, 3.05) is 45.4 Å². The maximum absolute atomic E-state index is 13.4. The van der Waals surface area contributed by atoms with Gasteiger partial charge in [0.05, 0.1) is 19.3 Å². The minimum atomic E-state index is -1.52. The summed E-state index contributed by atoms with van der Waals surface area (Å²) in [7, 11) is 2.74. The molecule has 1 unspecified atom stereocenters. The van der Waals surface area contributed by atoms with Crippen LogP contribution in [0.3, 0.4) is 0 Å². The van der Waals surface area contributed by atoms with Crippen LogP contribution in [0.5, 0.6) is 0 Å². The van der Waals surface area contributed by atoms with Crippen LogP contribution in [0.1, 0.15) is 11.1 Å². The van der Waals surface area contributed by atoms with Gasteiger partial charge >= 0.3 is 12.0 Å². The normalized spacial score (nSPS) is 26.1. The van der Waals surface area contributed by atoms with Gasteiger partial charge < -0.3 is 14.4 Å². The second-order valence-electron chi connectivity index (χ2n) is 8.39. The fraction of sp³-hybridized carbons (Fsp3) is 0.409. The number of imide groups is 2. The van der Waals surface area contributed by atoms with E-state index in [0.717, 1.165) is 15.5 Å². The van der Waals surface area contributed by atoms with Crippen LogP contribution in [0.2, 0.25) is 0 Å². The zero-order valence-electron chi connectivity index (χ0n) is 17.6. The van der Waals surface area contributed by atoms with Gasteiger partial charge in [0.25, 0.3) is 0 Å². The Morgan fingerprint density at radius 2 is 1.78 bits per heavy atom. The van der Waals surface area contributed by atoms with Gasteiger partial charge in [0.1, 0.15) is 5.57 Å². The predicted octanol–water partition coefficient (Wildman–Crippen LogP) is -0.00600. The van der Waals surface area contributed by atoms with Crippen molar-refractivity contribution in [3.05, 3.63) is 34.9 Å². The first-order chi connectivity index (χ1) is 15.3. The number of esters is 1. The van der Waals surface area contributed by atoms with Gasteiger partial charge in [0.15, 0.2) is 12.0 Å². The molecule has 4 aliphatic heterocycles. The number of rotatable bonds is 1. The molecule has 0 bridgehead atoms. The quantitative estimate of drug-likeness (QED) is 0.260. The van der Waals surface area contributed by atoms with Crippen molar-refractivity contribution in [3.63, 3.8) is 0 Å². The molecule has 1 aromatic carbocycles. The summed E-state index contributed by atoms with van der Waals surface area (Å²) in [4.78, 5) is 67.0. The molecule has 0 aliphatic carbocycles. The number of amides is 4. The van der Waals surface area contributed by atoms with Gasteiger partial charge in [-0.2, -0.15) is 0 Å². The van der Waals surface area contributed by atoms with Crippen molar-refractivity contribution >= 4 is 41.4 Å². The Labute approximate surface area is 183 Å². The number of ketones is 1. The van der Waals surface area contributed by atoms with E-state index in [1.807, 2.05) is 11.0 Å². The summed E-state index contributed by atoms with van der Waals surface area (Å²) < 4.78 is 10.4. The van der Waals surface area contributed by atoms with E-state index in [-0.39, 0.29) is 25.2 Å². The fourth-order valence-corrected chi connectivity index (χ4v) is 5.07. The third kappa shape index (κ3) is 2.65. The predicted molar refractivity (Wildman–Crippen MR) is 109 cm³/mol. The van der Waals surface area contributed by atoms with Crippen molar-refractivity contribution in [2.45, 2.75) is 12.5 Å². The van der Waals surface area contributed by atoms with Crippen LogP contribution in [0, 0.1) is 5.41 Å². The lowest BCUT2D eigenvalue weighted by atomic mass is 9.68. The molecule has 0 N–H and O–H groups in total. The Bertz CT molecular complexity index is 1080. The zero-order valence-corrected chi connectivity index (χ0v) is 17.6. The first-order valence-corrected chi connectivity index (χ1v) is 10.3. The molecule has 0 radical (unpaired) electrons. The number of benzene rings is 1. The SMILES string of the molecule is CN1C(=O)N(C)C(=O)C2(Cc3cc(C=C4C(=O)COC4=O)ccc3N3CCOCC32)C1=O. The number of Topliss-reactive ketones (excluding diaryl/α,β-unsaturated/α-hetero) is 1. The number of barbiturate groups is 1. The number of fused-ring (bicyclic) bond motifs is 4. The maximum atomic E-state index is 13.4. The average molecular weight is 439 g/mol. The Kier molecular flexibility index (Phi) is 4.45. The molecule has 3 saturated heterocycles. The largest absolute Gasteiger partial charge is 0.454 e. The van der Waals surface area contributed by atoms with Crippen LogP contribution in [0.25, 0.3) is 6.08 Å². The third-order valence-corrected chi connectivity index (χ3v) is 6.69. The highest BCUT2D eigenvalue weighted by Crippen LogP contribution is 2.46. The van der Waals surface area contributed by atoms with Crippen LogP contribution in [-0.4, -0.2) is 85.9 Å². The standard InChI is InChI=1S/C22H21N3O7/c1-23-19(28)22(20(29)24(2)21(23)30)9-13-7-12(8-14-16(26)10-32-18(14)27)3-4-15(13)25-5-6-31-11-17(22)25/h3-4,7-8,17H,5-6,9-11H2,1-2H3. The van der Waals surface area contributed by atoms with Crippen LogP contribution in [0.4, 0.5) is 10.5 Å². The Balaban J connectivity index is 1.64. The minimum absolute atomic E-state index is 0.0328. The summed E-state index contributed by atoms with van der Waals surface area (Å²) in [5.74, 6) is -2.18. The summed E-state index contributed by atoms with van der Waals surface area (Å²) in [6.45, 7) is 0.820. The number of ether oxygens (including phenoxy) is 2. The van der Waals surface area contributed by atoms with Gasteiger partial charge in [0.2, 0.25) is 17.6 Å². The van der Waals surface area contributed by atoms with E-state index in [1.165, 1.54) is 20.2 Å². The van der Waals surface area contributed by atoms with Crippen LogP contribution >= 0.6 is 0 Å². The molecule has 1 atom stereocenters. The minimum Gasteiger partial charge on any atom is -0.454 e. The molecular formula is C22H21N3O7. The smallest absolute Gasteiger partial charge is 0.342 e. The molecule has 1 aromatic rings. The van der Waals surface area contributed by atoms with Crippen LogP contribution < -0.4 is 4.90 Å². The van der Waals surface area contributed by atoms with Gasteiger partial charge in [-0.25, -0.2) is 9.59 Å². The Morgan fingerprint density at radius 3 is 2.44 bits per heavy atom. The third-order valence-electron chi connectivity index (χ3n) is 6.69. The molecule has 3 fully saturated rings. The number of urea groups is 1. The monoisotopic (exact) mass is 439 g/mol. The summed E-state index contributed by atoms with van der Waals surface area (Å²) in [5, 5.41) is 0. The molecule has 1 spiro atoms. The van der Waals surface area contributed by atoms with Crippen molar-refractivity contribution < 1.29 is 33.4 Å². The number of carbonyl (C=O) groups excluding carboxylic acids is 5. The van der Waals surface area contributed by atoms with E-state index < -0.39 is 41.1 Å². The highest BCUT2D eigenvalue weighted by Gasteiger charge is 2.63. The summed E-state index contributed by atoms with van der Waals surface area (Å²) in [6, 6.07) is 4.18. The maximum Gasteiger partial charge on any atom is 0.342 e. The number of anilines is 1. The lowest BCUT2D eigenvalue weighted by molar-refractivity contribution is -0.161. The molecule has 0 aromatic heterocycles. The highest BCUT2D eigenvalue weighted by molar-refractivity contribution is 6.25. The van der Waals surface area contributed by atoms with Crippen molar-refractivity contribution in [1.82, 2.24) is 9.80 Å². The highest BCUT2D eigenvalue weighted by atomic mass is 16.5. The fourth-order valence-electron chi connectivity index (χ4n) is 5.07. The van der Waals surface area contributed by atoms with Gasteiger partial charge in [-0.05, 0) is 35.8 Å². The second kappa shape index (κ2) is 6.99. The van der Waals surface area contributed by atoms with E-state index in [1.54, 1.807) is 12.1 Å². The van der Waals surface area contributed by atoms with E-state index in [9.17, 15) is 24.0 Å². The average Bonchev–Trinajstić information content (AvgIpc) is 3.12. The Hall–Kier alpha value is -3.53. The van der Waals surface area contributed by atoms with Crippen molar-refractivity contribution in [2.24, 2.45) is 5.41 Å². The molecule has 10 nitrogen and oxygen atoms in total. The molecule has 5 rings (SSSR count). The van der Waals surface area contributed by atoms with Crippen molar-refractivity contribution in [1.29, 1.82) is 0 Å². The number of carbonyl (C=O) groups is 5. The number of hydrogen-bond acceptors (Lipinski definition) is 8. The molecule has 10 heteroatoms. The molecule has 32 heavy (non-hydrogen) atoms. The van der Waals surface area contributed by atoms with Gasteiger partial charge in [-0.15, -0.1) is 0 Å². The number of cyclic esters (lactones) is 1. The van der Waals surface area contributed by atoms with Crippen LogP contribution in [-0.2, 0) is 35.1 Å². The number of morpholine rings is 1. The lowest BCUT2D eigenvalue weighted by Gasteiger charge is -2.54. The first kappa shape index (κ1) is 20.4. The molecule has 4 aliphatic rings. The lowest BCUT2D eigenvalue weighted by Crippen LogP contribution is -2.73. The second-order valence-corrected chi connectivity index (χ2v) is 8.39.